The smallest absolute Gasteiger partial charge is 0.337 e. The Kier molecular flexibility index (Phi) is 5.14. The molecule has 0 radical (unpaired) electrons. The zero-order chi connectivity index (χ0) is 20.5. The molecule has 5 nitrogen and oxygen atoms in total. The van der Waals surface area contributed by atoms with Crippen LogP contribution in [-0.4, -0.2) is 35.9 Å². The molecule has 5 heteroatoms. The maximum absolute atomic E-state index is 13.0. The predicted molar refractivity (Wildman–Crippen MR) is 113 cm³/mol. The molecule has 1 heterocycles. The Bertz CT molecular complexity index is 1070. The number of amides is 1. The first-order valence-corrected chi connectivity index (χ1v) is 10.0. The average molecular weight is 390 g/mol. The summed E-state index contributed by atoms with van der Waals surface area (Å²) >= 11 is 0. The highest BCUT2D eigenvalue weighted by molar-refractivity contribution is 5.99. The van der Waals surface area contributed by atoms with Crippen molar-refractivity contribution in [3.05, 3.63) is 70.4 Å². The number of esters is 1. The van der Waals surface area contributed by atoms with Crippen molar-refractivity contribution < 1.29 is 14.3 Å². The molecule has 3 aromatic rings. The molecule has 1 amide bonds. The minimum absolute atomic E-state index is 0.0113. The molecule has 1 N–H and O–H groups in total. The number of carbonyl (C=O) groups is 2. The number of aryl methyl sites for hydroxylation is 1. The Morgan fingerprint density at radius 2 is 1.86 bits per heavy atom. The fourth-order valence-electron chi connectivity index (χ4n) is 4.15. The molecule has 1 aliphatic carbocycles. The van der Waals surface area contributed by atoms with Gasteiger partial charge in [-0.25, -0.2) is 4.79 Å². The van der Waals surface area contributed by atoms with E-state index < -0.39 is 0 Å². The van der Waals surface area contributed by atoms with Gasteiger partial charge in [0.05, 0.1) is 12.7 Å². The molecule has 1 atom stereocenters. The fourth-order valence-corrected chi connectivity index (χ4v) is 4.15. The third-order valence-corrected chi connectivity index (χ3v) is 5.82. The number of nitrogens with one attached hydrogen (secondary N) is 1. The van der Waals surface area contributed by atoms with Crippen molar-refractivity contribution in [1.82, 2.24) is 9.88 Å². The van der Waals surface area contributed by atoms with Crippen LogP contribution in [0.5, 0.6) is 0 Å². The summed E-state index contributed by atoms with van der Waals surface area (Å²) in [6.45, 7) is 2.76. The Morgan fingerprint density at radius 1 is 1.14 bits per heavy atom. The maximum Gasteiger partial charge on any atom is 0.337 e. The number of H-pyrrole nitrogens is 1. The van der Waals surface area contributed by atoms with Gasteiger partial charge in [-0.3, -0.25) is 4.79 Å². The molecule has 1 aromatic heterocycles. The van der Waals surface area contributed by atoms with Crippen LogP contribution in [0.1, 0.15) is 50.9 Å². The normalized spacial score (nSPS) is 15.8. The second-order valence-corrected chi connectivity index (χ2v) is 8.04. The lowest BCUT2D eigenvalue weighted by molar-refractivity contribution is 0.0600. The van der Waals surface area contributed by atoms with Gasteiger partial charge in [-0.15, -0.1) is 0 Å². The van der Waals surface area contributed by atoms with Crippen molar-refractivity contribution in [3.63, 3.8) is 0 Å². The van der Waals surface area contributed by atoms with E-state index in [9.17, 15) is 9.59 Å². The Morgan fingerprint density at radius 3 is 2.59 bits per heavy atom. The van der Waals surface area contributed by atoms with Gasteiger partial charge in [0.1, 0.15) is 0 Å². The number of carbonyl (C=O) groups excluding carboxylic acids is 2. The summed E-state index contributed by atoms with van der Waals surface area (Å²) in [7, 11) is 3.16. The van der Waals surface area contributed by atoms with E-state index in [2.05, 4.69) is 11.9 Å². The van der Waals surface area contributed by atoms with E-state index in [1.165, 1.54) is 30.2 Å². The van der Waals surface area contributed by atoms with Crippen LogP contribution < -0.4 is 0 Å². The molecule has 2 aromatic carbocycles. The molecule has 0 unspecified atom stereocenters. The third kappa shape index (κ3) is 3.77. The van der Waals surface area contributed by atoms with E-state index in [-0.39, 0.29) is 11.9 Å². The standard InChI is InChI=1S/C24H26N2O3/c1-15-4-10-21-19(12-15)20-13-18(9-11-22(20)25-21)23(27)26(2)14-16-5-7-17(8-6-16)24(28)29-3/h5-9,11,13,15,25H,4,10,12,14H2,1-3H3/t15-/m0/s1. The van der Waals surface area contributed by atoms with E-state index in [0.717, 1.165) is 23.9 Å². The number of ether oxygens (including phenoxy) is 1. The van der Waals surface area contributed by atoms with Crippen LogP contribution in [0.25, 0.3) is 10.9 Å². The third-order valence-electron chi connectivity index (χ3n) is 5.82. The maximum atomic E-state index is 13.0. The number of benzene rings is 2. The predicted octanol–water partition coefficient (Wildman–Crippen LogP) is 4.35. The van der Waals surface area contributed by atoms with Gasteiger partial charge in [-0.1, -0.05) is 19.1 Å². The Labute approximate surface area is 170 Å². The second kappa shape index (κ2) is 7.74. The van der Waals surface area contributed by atoms with Crippen molar-refractivity contribution in [2.45, 2.75) is 32.7 Å². The summed E-state index contributed by atoms with van der Waals surface area (Å²) in [5, 5.41) is 1.17. The quantitative estimate of drug-likeness (QED) is 0.674. The van der Waals surface area contributed by atoms with Crippen molar-refractivity contribution in [1.29, 1.82) is 0 Å². The molecule has 4 rings (SSSR count). The Balaban J connectivity index is 1.53. The van der Waals surface area contributed by atoms with Gasteiger partial charge in [0.25, 0.3) is 5.91 Å². The zero-order valence-electron chi connectivity index (χ0n) is 17.1. The number of rotatable bonds is 4. The van der Waals surface area contributed by atoms with Crippen LogP contribution in [0.3, 0.4) is 0 Å². The van der Waals surface area contributed by atoms with Crippen molar-refractivity contribution in [2.75, 3.05) is 14.2 Å². The van der Waals surface area contributed by atoms with Crippen molar-refractivity contribution in [2.24, 2.45) is 5.92 Å². The van der Waals surface area contributed by atoms with Crippen LogP contribution in [0, 0.1) is 5.92 Å². The van der Waals surface area contributed by atoms with E-state index in [0.29, 0.717) is 23.6 Å². The highest BCUT2D eigenvalue weighted by Gasteiger charge is 2.21. The van der Waals surface area contributed by atoms with E-state index >= 15 is 0 Å². The second-order valence-electron chi connectivity index (χ2n) is 8.04. The first-order valence-electron chi connectivity index (χ1n) is 10.0. The Hall–Kier alpha value is -3.08. The molecule has 0 saturated carbocycles. The number of fused-ring (bicyclic) bond motifs is 3. The lowest BCUT2D eigenvalue weighted by Gasteiger charge is -2.19. The molecule has 0 aliphatic heterocycles. The summed E-state index contributed by atoms with van der Waals surface area (Å²) in [6.07, 6.45) is 3.36. The highest BCUT2D eigenvalue weighted by atomic mass is 16.5. The summed E-state index contributed by atoms with van der Waals surface area (Å²) in [5.41, 5.74) is 5.97. The largest absolute Gasteiger partial charge is 0.465 e. The fraction of sp³-hybridized carbons (Fsp3) is 0.333. The van der Waals surface area contributed by atoms with Gasteiger partial charge in [-0.05, 0) is 66.6 Å². The molecule has 0 spiro atoms. The number of nitrogens with zero attached hydrogens (tertiary/aromatic N) is 1. The summed E-state index contributed by atoms with van der Waals surface area (Å²) < 4.78 is 4.72. The lowest BCUT2D eigenvalue weighted by atomic mass is 9.87. The van der Waals surface area contributed by atoms with Crippen molar-refractivity contribution >= 4 is 22.8 Å². The van der Waals surface area contributed by atoms with E-state index in [1.54, 1.807) is 24.1 Å². The van der Waals surface area contributed by atoms with E-state index in [4.69, 9.17) is 4.74 Å². The van der Waals surface area contributed by atoms with Crippen LogP contribution in [-0.2, 0) is 24.1 Å². The monoisotopic (exact) mass is 390 g/mol. The van der Waals surface area contributed by atoms with Gasteiger partial charge in [0.15, 0.2) is 0 Å². The minimum Gasteiger partial charge on any atom is -0.465 e. The molecule has 29 heavy (non-hydrogen) atoms. The topological polar surface area (TPSA) is 62.4 Å². The number of aromatic nitrogens is 1. The van der Waals surface area contributed by atoms with Gasteiger partial charge in [0.2, 0.25) is 0 Å². The van der Waals surface area contributed by atoms with Crippen LogP contribution in [0.4, 0.5) is 0 Å². The van der Waals surface area contributed by atoms with E-state index in [1.807, 2.05) is 30.3 Å². The molecule has 0 bridgehead atoms. The van der Waals surface area contributed by atoms with Gasteiger partial charge >= 0.3 is 5.97 Å². The summed E-state index contributed by atoms with van der Waals surface area (Å²) in [6, 6.07) is 13.1. The molecule has 1 aliphatic rings. The van der Waals surface area contributed by atoms with Crippen LogP contribution in [0.2, 0.25) is 0 Å². The number of hydrogen-bond donors (Lipinski definition) is 1. The zero-order valence-corrected chi connectivity index (χ0v) is 17.1. The van der Waals surface area contributed by atoms with Gasteiger partial charge in [0, 0.05) is 35.8 Å². The highest BCUT2D eigenvalue weighted by Crippen LogP contribution is 2.32. The average Bonchev–Trinajstić information content (AvgIpc) is 3.10. The minimum atomic E-state index is -0.363. The first-order chi connectivity index (χ1) is 14.0. The lowest BCUT2D eigenvalue weighted by Crippen LogP contribution is -2.26. The summed E-state index contributed by atoms with van der Waals surface area (Å²) in [5.74, 6) is 0.303. The van der Waals surface area contributed by atoms with Gasteiger partial charge < -0.3 is 14.6 Å². The molecule has 150 valence electrons. The number of methoxy groups -OCH3 is 1. The molecule has 0 saturated heterocycles. The first kappa shape index (κ1) is 19.2. The van der Waals surface area contributed by atoms with Gasteiger partial charge in [-0.2, -0.15) is 0 Å². The molecule has 0 fully saturated rings. The summed E-state index contributed by atoms with van der Waals surface area (Å²) in [4.78, 5) is 29.8. The van der Waals surface area contributed by atoms with Crippen LogP contribution >= 0.6 is 0 Å². The van der Waals surface area contributed by atoms with Crippen molar-refractivity contribution in [3.8, 4) is 0 Å². The SMILES string of the molecule is COC(=O)c1ccc(CN(C)C(=O)c2ccc3[nH]c4c(c3c2)C[C@@H](C)CC4)cc1. The molecular weight excluding hydrogens is 364 g/mol. The number of aromatic amines is 1. The molecular formula is C24H26N2O3. The number of hydrogen-bond acceptors (Lipinski definition) is 3. The van der Waals surface area contributed by atoms with Crippen LogP contribution in [0.15, 0.2) is 42.5 Å².